The van der Waals surface area contributed by atoms with Gasteiger partial charge >= 0.3 is 0 Å². The highest BCUT2D eigenvalue weighted by atomic mass is 16.2. The van der Waals surface area contributed by atoms with Crippen molar-refractivity contribution in [3.8, 4) is 0 Å². The van der Waals surface area contributed by atoms with Gasteiger partial charge in [0.15, 0.2) is 0 Å². The maximum Gasteiger partial charge on any atom is 0.244 e. The van der Waals surface area contributed by atoms with Crippen LogP contribution in [0.5, 0.6) is 0 Å². The van der Waals surface area contributed by atoms with Gasteiger partial charge < -0.3 is 10.6 Å². The molecule has 2 rings (SSSR count). The molecule has 1 fully saturated rings. The minimum absolute atomic E-state index is 0.185. The summed E-state index contributed by atoms with van der Waals surface area (Å²) < 4.78 is 0. The number of nitrogens with zero attached hydrogens (tertiary/aromatic N) is 2. The van der Waals surface area contributed by atoms with Gasteiger partial charge in [0.2, 0.25) is 5.91 Å². The van der Waals surface area contributed by atoms with E-state index in [1.165, 1.54) is 0 Å². The molecule has 0 radical (unpaired) electrons. The third kappa shape index (κ3) is 3.02. The molecule has 0 saturated carbocycles. The smallest absolute Gasteiger partial charge is 0.244 e. The highest BCUT2D eigenvalue weighted by Crippen LogP contribution is 2.28. The first-order valence-electron chi connectivity index (χ1n) is 7.26. The highest BCUT2D eigenvalue weighted by Gasteiger charge is 2.36. The number of likely N-dealkylation sites (N-methyl/N-ethyl adjacent to an activating group) is 1. The molecule has 1 aliphatic heterocycles. The summed E-state index contributed by atoms with van der Waals surface area (Å²) in [5.74, 6) is 0.622. The van der Waals surface area contributed by atoms with Gasteiger partial charge in [-0.3, -0.25) is 9.69 Å². The van der Waals surface area contributed by atoms with E-state index < -0.39 is 0 Å². The average Bonchev–Trinajstić information content (AvgIpc) is 2.81. The predicted molar refractivity (Wildman–Crippen MR) is 81.2 cm³/mol. The SMILES string of the molecule is CC1CC(CN)CN1C(=O)C(c1ccccc1)N(C)C. The Kier molecular flexibility index (Phi) is 4.78. The number of hydrogen-bond donors (Lipinski definition) is 1. The Labute approximate surface area is 121 Å². The molecule has 1 amide bonds. The fourth-order valence-electron chi connectivity index (χ4n) is 3.07. The molecular weight excluding hydrogens is 250 g/mol. The largest absolute Gasteiger partial charge is 0.338 e. The van der Waals surface area contributed by atoms with E-state index in [-0.39, 0.29) is 18.0 Å². The minimum atomic E-state index is -0.213. The molecule has 0 aromatic heterocycles. The summed E-state index contributed by atoms with van der Waals surface area (Å²) >= 11 is 0. The molecule has 4 nitrogen and oxygen atoms in total. The Morgan fingerprint density at radius 2 is 2.05 bits per heavy atom. The van der Waals surface area contributed by atoms with Crippen LogP contribution in [0, 0.1) is 5.92 Å². The highest BCUT2D eigenvalue weighted by molar-refractivity contribution is 5.83. The monoisotopic (exact) mass is 275 g/mol. The number of amides is 1. The summed E-state index contributed by atoms with van der Waals surface area (Å²) in [5, 5.41) is 0. The zero-order valence-electron chi connectivity index (χ0n) is 12.6. The standard InChI is InChI=1S/C16H25N3O/c1-12-9-13(10-17)11-19(12)16(20)15(18(2)3)14-7-5-4-6-8-14/h4-8,12-13,15H,9-11,17H2,1-3H3. The van der Waals surface area contributed by atoms with Gasteiger partial charge in [0.05, 0.1) is 0 Å². The molecule has 1 aliphatic rings. The second kappa shape index (κ2) is 6.37. The van der Waals surface area contributed by atoms with E-state index in [1.54, 1.807) is 0 Å². The van der Waals surface area contributed by atoms with Gasteiger partial charge in [-0.25, -0.2) is 0 Å². The molecule has 0 aliphatic carbocycles. The molecule has 2 N–H and O–H groups in total. The van der Waals surface area contributed by atoms with Crippen molar-refractivity contribution in [1.82, 2.24) is 9.80 Å². The number of carbonyl (C=O) groups excluding carboxylic acids is 1. The summed E-state index contributed by atoms with van der Waals surface area (Å²) in [7, 11) is 3.91. The molecule has 110 valence electrons. The first-order chi connectivity index (χ1) is 9.54. The molecule has 1 aromatic rings. The lowest BCUT2D eigenvalue weighted by Crippen LogP contribution is -2.42. The van der Waals surface area contributed by atoms with Gasteiger partial charge in [0, 0.05) is 12.6 Å². The quantitative estimate of drug-likeness (QED) is 0.905. The summed E-state index contributed by atoms with van der Waals surface area (Å²) in [6.45, 7) is 3.56. The topological polar surface area (TPSA) is 49.6 Å². The van der Waals surface area contributed by atoms with E-state index in [1.807, 2.05) is 54.2 Å². The van der Waals surface area contributed by atoms with Crippen LogP contribution in [-0.2, 0) is 4.79 Å². The van der Waals surface area contributed by atoms with E-state index in [2.05, 4.69) is 6.92 Å². The van der Waals surface area contributed by atoms with Crippen molar-refractivity contribution < 1.29 is 4.79 Å². The lowest BCUT2D eigenvalue weighted by molar-refractivity contribution is -0.137. The zero-order valence-corrected chi connectivity index (χ0v) is 12.6. The number of likely N-dealkylation sites (tertiary alicyclic amines) is 1. The van der Waals surface area contributed by atoms with Crippen LogP contribution in [0.15, 0.2) is 30.3 Å². The maximum atomic E-state index is 12.9. The van der Waals surface area contributed by atoms with Crippen LogP contribution in [0.1, 0.15) is 24.9 Å². The molecule has 1 saturated heterocycles. The fourth-order valence-corrected chi connectivity index (χ4v) is 3.07. The molecule has 0 bridgehead atoms. The van der Waals surface area contributed by atoms with E-state index in [0.717, 1.165) is 18.5 Å². The Hall–Kier alpha value is -1.39. The fraction of sp³-hybridized carbons (Fsp3) is 0.562. The van der Waals surface area contributed by atoms with Crippen LogP contribution in [0.3, 0.4) is 0 Å². The summed E-state index contributed by atoms with van der Waals surface area (Å²) in [5.41, 5.74) is 6.80. The first-order valence-corrected chi connectivity index (χ1v) is 7.26. The normalized spacial score (nSPS) is 24.1. The molecule has 20 heavy (non-hydrogen) atoms. The zero-order chi connectivity index (χ0) is 14.7. The lowest BCUT2D eigenvalue weighted by Gasteiger charge is -2.31. The molecule has 4 heteroatoms. The van der Waals surface area contributed by atoms with E-state index >= 15 is 0 Å². The summed E-state index contributed by atoms with van der Waals surface area (Å²) in [6, 6.07) is 10.0. The summed E-state index contributed by atoms with van der Waals surface area (Å²) in [6.07, 6.45) is 1.01. The maximum absolute atomic E-state index is 12.9. The Bertz CT molecular complexity index is 446. The van der Waals surface area contributed by atoms with Gasteiger partial charge in [-0.05, 0) is 45.5 Å². The van der Waals surface area contributed by atoms with Crippen molar-refractivity contribution in [3.05, 3.63) is 35.9 Å². The van der Waals surface area contributed by atoms with Gasteiger partial charge in [-0.15, -0.1) is 0 Å². The first kappa shape index (κ1) is 15.0. The van der Waals surface area contributed by atoms with Crippen LogP contribution < -0.4 is 5.73 Å². The van der Waals surface area contributed by atoms with Crippen LogP contribution in [0.4, 0.5) is 0 Å². The van der Waals surface area contributed by atoms with Crippen molar-refractivity contribution in [2.75, 3.05) is 27.2 Å². The van der Waals surface area contributed by atoms with Crippen molar-refractivity contribution >= 4 is 5.91 Å². The minimum Gasteiger partial charge on any atom is -0.338 e. The van der Waals surface area contributed by atoms with Crippen molar-refractivity contribution in [2.45, 2.75) is 25.4 Å². The summed E-state index contributed by atoms with van der Waals surface area (Å²) in [4.78, 5) is 16.9. The van der Waals surface area contributed by atoms with E-state index in [9.17, 15) is 4.79 Å². The second-order valence-corrected chi connectivity index (χ2v) is 5.95. The third-order valence-corrected chi connectivity index (χ3v) is 4.14. The molecular formula is C16H25N3O. The van der Waals surface area contributed by atoms with Crippen molar-refractivity contribution in [1.29, 1.82) is 0 Å². The van der Waals surface area contributed by atoms with Crippen LogP contribution in [-0.4, -0.2) is 48.9 Å². The van der Waals surface area contributed by atoms with Crippen LogP contribution >= 0.6 is 0 Å². The molecule has 0 spiro atoms. The van der Waals surface area contributed by atoms with E-state index in [4.69, 9.17) is 5.73 Å². The van der Waals surface area contributed by atoms with Crippen LogP contribution in [0.2, 0.25) is 0 Å². The van der Waals surface area contributed by atoms with Gasteiger partial charge in [-0.1, -0.05) is 30.3 Å². The number of carbonyl (C=O) groups is 1. The number of hydrogen-bond acceptors (Lipinski definition) is 3. The third-order valence-electron chi connectivity index (χ3n) is 4.14. The second-order valence-electron chi connectivity index (χ2n) is 5.95. The van der Waals surface area contributed by atoms with Crippen LogP contribution in [0.25, 0.3) is 0 Å². The van der Waals surface area contributed by atoms with Crippen molar-refractivity contribution in [2.24, 2.45) is 11.7 Å². The molecule has 3 atom stereocenters. The van der Waals surface area contributed by atoms with Gasteiger partial charge in [0.25, 0.3) is 0 Å². The number of rotatable bonds is 4. The molecule has 1 aromatic carbocycles. The van der Waals surface area contributed by atoms with E-state index in [0.29, 0.717) is 12.5 Å². The van der Waals surface area contributed by atoms with Gasteiger partial charge in [0.1, 0.15) is 6.04 Å². The Balaban J connectivity index is 2.20. The molecule has 3 unspecified atom stereocenters. The Morgan fingerprint density at radius 3 is 2.55 bits per heavy atom. The van der Waals surface area contributed by atoms with Gasteiger partial charge in [-0.2, -0.15) is 0 Å². The molecule has 1 heterocycles. The lowest BCUT2D eigenvalue weighted by atomic mass is 10.0. The number of benzene rings is 1. The van der Waals surface area contributed by atoms with Crippen molar-refractivity contribution in [3.63, 3.8) is 0 Å². The number of nitrogens with two attached hydrogens (primary N) is 1. The Morgan fingerprint density at radius 1 is 1.40 bits per heavy atom. The predicted octanol–water partition coefficient (Wildman–Crippen LogP) is 1.48. The average molecular weight is 275 g/mol.